The number of rotatable bonds is 4. The normalized spacial score (nSPS) is 18.1. The molecule has 1 fully saturated rings. The molecule has 1 aliphatic rings. The van der Waals surface area contributed by atoms with Crippen LogP contribution in [0.4, 0.5) is 5.82 Å². The van der Waals surface area contributed by atoms with E-state index in [1.165, 1.54) is 6.42 Å². The Morgan fingerprint density at radius 2 is 2.12 bits per heavy atom. The second-order valence-electron chi connectivity index (χ2n) is 4.39. The number of hydrogen-bond acceptors (Lipinski definition) is 5. The SMILES string of the molecule is NCCCN1CCCN(c2cnccn2)CC1. The maximum absolute atomic E-state index is 5.55. The van der Waals surface area contributed by atoms with Crippen molar-refractivity contribution in [2.24, 2.45) is 5.73 Å². The van der Waals surface area contributed by atoms with Crippen LogP contribution >= 0.6 is 0 Å². The van der Waals surface area contributed by atoms with Gasteiger partial charge in [-0.05, 0) is 32.5 Å². The van der Waals surface area contributed by atoms with Crippen LogP contribution < -0.4 is 10.6 Å². The van der Waals surface area contributed by atoms with Crippen molar-refractivity contribution in [1.82, 2.24) is 14.9 Å². The summed E-state index contributed by atoms with van der Waals surface area (Å²) < 4.78 is 0. The van der Waals surface area contributed by atoms with Crippen LogP contribution in [-0.4, -0.2) is 54.1 Å². The highest BCUT2D eigenvalue weighted by atomic mass is 15.2. The monoisotopic (exact) mass is 235 g/mol. The van der Waals surface area contributed by atoms with Gasteiger partial charge in [-0.15, -0.1) is 0 Å². The average Bonchev–Trinajstić information content (AvgIpc) is 2.63. The summed E-state index contributed by atoms with van der Waals surface area (Å²) in [4.78, 5) is 13.3. The molecule has 0 radical (unpaired) electrons. The molecule has 0 amide bonds. The van der Waals surface area contributed by atoms with Gasteiger partial charge in [0.05, 0.1) is 6.20 Å². The molecule has 5 nitrogen and oxygen atoms in total. The number of aromatic nitrogens is 2. The minimum absolute atomic E-state index is 0.782. The van der Waals surface area contributed by atoms with Gasteiger partial charge in [0.25, 0.3) is 0 Å². The van der Waals surface area contributed by atoms with E-state index in [1.807, 2.05) is 6.20 Å². The number of nitrogens with two attached hydrogens (primary N) is 1. The van der Waals surface area contributed by atoms with Crippen LogP contribution in [0.15, 0.2) is 18.6 Å². The molecule has 0 saturated carbocycles. The standard InChI is InChI=1S/C12H21N5/c13-3-1-6-16-7-2-8-17(10-9-16)12-11-14-4-5-15-12/h4-5,11H,1-3,6-10,13H2. The molecule has 2 N–H and O–H groups in total. The van der Waals surface area contributed by atoms with Gasteiger partial charge in [-0.25, -0.2) is 4.98 Å². The van der Waals surface area contributed by atoms with E-state index in [2.05, 4.69) is 19.8 Å². The molecule has 1 aromatic heterocycles. The second kappa shape index (κ2) is 6.51. The van der Waals surface area contributed by atoms with Crippen molar-refractivity contribution in [2.45, 2.75) is 12.8 Å². The van der Waals surface area contributed by atoms with Crippen LogP contribution in [0, 0.1) is 0 Å². The number of nitrogens with zero attached hydrogens (tertiary/aromatic N) is 4. The van der Waals surface area contributed by atoms with Gasteiger partial charge in [0.15, 0.2) is 0 Å². The molecule has 1 aromatic rings. The third-order valence-corrected chi connectivity index (χ3v) is 3.14. The average molecular weight is 235 g/mol. The van der Waals surface area contributed by atoms with Crippen LogP contribution in [0.25, 0.3) is 0 Å². The molecule has 0 aromatic carbocycles. The van der Waals surface area contributed by atoms with E-state index < -0.39 is 0 Å². The first-order valence-electron chi connectivity index (χ1n) is 6.33. The lowest BCUT2D eigenvalue weighted by Crippen LogP contribution is -2.32. The fourth-order valence-corrected chi connectivity index (χ4v) is 2.19. The topological polar surface area (TPSA) is 58.3 Å². The molecule has 0 unspecified atom stereocenters. The molecule has 1 aliphatic heterocycles. The molecule has 17 heavy (non-hydrogen) atoms. The first kappa shape index (κ1) is 12.3. The van der Waals surface area contributed by atoms with Crippen molar-refractivity contribution < 1.29 is 0 Å². The van der Waals surface area contributed by atoms with Crippen LogP contribution in [-0.2, 0) is 0 Å². The molecule has 0 spiro atoms. The third kappa shape index (κ3) is 3.64. The number of anilines is 1. The zero-order valence-electron chi connectivity index (χ0n) is 10.3. The highest BCUT2D eigenvalue weighted by molar-refractivity contribution is 5.35. The van der Waals surface area contributed by atoms with Gasteiger partial charge in [-0.3, -0.25) is 4.98 Å². The summed E-state index contributed by atoms with van der Waals surface area (Å²) in [7, 11) is 0. The van der Waals surface area contributed by atoms with E-state index in [0.717, 1.165) is 51.5 Å². The molecular weight excluding hydrogens is 214 g/mol. The summed E-state index contributed by atoms with van der Waals surface area (Å²) in [5.74, 6) is 0.994. The summed E-state index contributed by atoms with van der Waals surface area (Å²) >= 11 is 0. The van der Waals surface area contributed by atoms with E-state index >= 15 is 0 Å². The van der Waals surface area contributed by atoms with Gasteiger partial charge in [0.1, 0.15) is 5.82 Å². The summed E-state index contributed by atoms with van der Waals surface area (Å²) in [6.45, 7) is 6.25. The molecule has 5 heteroatoms. The quantitative estimate of drug-likeness (QED) is 0.815. The minimum Gasteiger partial charge on any atom is -0.354 e. The molecule has 1 saturated heterocycles. The summed E-state index contributed by atoms with van der Waals surface area (Å²) in [5.41, 5.74) is 5.55. The van der Waals surface area contributed by atoms with Crippen LogP contribution in [0.5, 0.6) is 0 Å². The van der Waals surface area contributed by atoms with E-state index in [0.29, 0.717) is 0 Å². The summed E-state index contributed by atoms with van der Waals surface area (Å²) in [6, 6.07) is 0. The largest absolute Gasteiger partial charge is 0.354 e. The zero-order valence-corrected chi connectivity index (χ0v) is 10.3. The third-order valence-electron chi connectivity index (χ3n) is 3.14. The minimum atomic E-state index is 0.782. The molecule has 94 valence electrons. The van der Waals surface area contributed by atoms with E-state index in [9.17, 15) is 0 Å². The lowest BCUT2D eigenvalue weighted by Gasteiger charge is -2.22. The molecule has 2 rings (SSSR count). The fraction of sp³-hybridized carbons (Fsp3) is 0.667. The smallest absolute Gasteiger partial charge is 0.147 e. The zero-order chi connectivity index (χ0) is 11.9. The van der Waals surface area contributed by atoms with Gasteiger partial charge >= 0.3 is 0 Å². The van der Waals surface area contributed by atoms with Crippen molar-refractivity contribution in [3.8, 4) is 0 Å². The van der Waals surface area contributed by atoms with Crippen LogP contribution in [0.2, 0.25) is 0 Å². The maximum Gasteiger partial charge on any atom is 0.147 e. The number of hydrogen-bond donors (Lipinski definition) is 1. The molecular formula is C12H21N5. The van der Waals surface area contributed by atoms with Crippen molar-refractivity contribution in [3.63, 3.8) is 0 Å². The van der Waals surface area contributed by atoms with Crippen molar-refractivity contribution in [2.75, 3.05) is 44.2 Å². The van der Waals surface area contributed by atoms with Gasteiger partial charge in [0.2, 0.25) is 0 Å². The second-order valence-corrected chi connectivity index (χ2v) is 4.39. The highest BCUT2D eigenvalue weighted by Gasteiger charge is 2.15. The molecule has 0 bridgehead atoms. The predicted molar refractivity (Wildman–Crippen MR) is 69.0 cm³/mol. The lowest BCUT2D eigenvalue weighted by molar-refractivity contribution is 0.291. The van der Waals surface area contributed by atoms with Crippen molar-refractivity contribution in [1.29, 1.82) is 0 Å². The molecule has 0 aliphatic carbocycles. The van der Waals surface area contributed by atoms with Crippen LogP contribution in [0.3, 0.4) is 0 Å². The van der Waals surface area contributed by atoms with Crippen molar-refractivity contribution in [3.05, 3.63) is 18.6 Å². The van der Waals surface area contributed by atoms with E-state index in [1.54, 1.807) is 12.4 Å². The van der Waals surface area contributed by atoms with Gasteiger partial charge < -0.3 is 15.5 Å². The van der Waals surface area contributed by atoms with Gasteiger partial charge in [-0.2, -0.15) is 0 Å². The predicted octanol–water partition coefficient (Wildman–Crippen LogP) is 0.338. The Labute approximate surface area is 103 Å². The van der Waals surface area contributed by atoms with Gasteiger partial charge in [-0.1, -0.05) is 0 Å². The fourth-order valence-electron chi connectivity index (χ4n) is 2.19. The van der Waals surface area contributed by atoms with Gasteiger partial charge in [0, 0.05) is 32.0 Å². The Morgan fingerprint density at radius 3 is 2.88 bits per heavy atom. The van der Waals surface area contributed by atoms with E-state index in [-0.39, 0.29) is 0 Å². The molecule has 2 heterocycles. The van der Waals surface area contributed by atoms with Crippen LogP contribution in [0.1, 0.15) is 12.8 Å². The van der Waals surface area contributed by atoms with E-state index in [4.69, 9.17) is 5.73 Å². The molecule has 0 atom stereocenters. The van der Waals surface area contributed by atoms with Crippen molar-refractivity contribution >= 4 is 5.82 Å². The summed E-state index contributed by atoms with van der Waals surface area (Å²) in [6.07, 6.45) is 7.59. The first-order chi connectivity index (χ1) is 8.40. The maximum atomic E-state index is 5.55. The highest BCUT2D eigenvalue weighted by Crippen LogP contribution is 2.11. The lowest BCUT2D eigenvalue weighted by atomic mass is 10.3. The first-order valence-corrected chi connectivity index (χ1v) is 6.33. The Hall–Kier alpha value is -1.20. The Morgan fingerprint density at radius 1 is 1.18 bits per heavy atom. The Bertz CT molecular complexity index is 316. The Balaban J connectivity index is 1.87. The Kier molecular flexibility index (Phi) is 4.70. The summed E-state index contributed by atoms with van der Waals surface area (Å²) in [5, 5.41) is 0.